The summed E-state index contributed by atoms with van der Waals surface area (Å²) in [5, 5.41) is 2.67. The van der Waals surface area contributed by atoms with Crippen molar-refractivity contribution in [2.75, 3.05) is 18.6 Å². The highest BCUT2D eigenvalue weighted by Gasteiger charge is 2.27. The monoisotopic (exact) mass is 402 g/mol. The molecule has 1 rings (SSSR count). The van der Waals surface area contributed by atoms with E-state index in [4.69, 9.17) is 4.74 Å². The molecule has 1 amide bonds. The van der Waals surface area contributed by atoms with Gasteiger partial charge in [0.25, 0.3) is 5.91 Å². The third-order valence-corrected chi connectivity index (χ3v) is 5.24. The van der Waals surface area contributed by atoms with E-state index in [1.54, 1.807) is 18.2 Å². The Hall–Kier alpha value is -1.58. The summed E-state index contributed by atoms with van der Waals surface area (Å²) < 4.78 is 32.2. The molecule has 0 aliphatic rings. The van der Waals surface area contributed by atoms with E-state index in [2.05, 4.69) is 10.0 Å². The molecule has 1 aromatic rings. The van der Waals surface area contributed by atoms with Crippen LogP contribution in [0.4, 0.5) is 0 Å². The van der Waals surface area contributed by atoms with Gasteiger partial charge in [-0.25, -0.2) is 8.42 Å². The Kier molecular flexibility index (Phi) is 8.58. The molecule has 0 saturated carbocycles. The first kappa shape index (κ1) is 22.5. The zero-order valence-electron chi connectivity index (χ0n) is 15.4. The molecule has 0 radical (unpaired) electrons. The zero-order chi connectivity index (χ0) is 19.8. The van der Waals surface area contributed by atoms with Crippen LogP contribution in [0.5, 0.6) is 0 Å². The quantitative estimate of drug-likeness (QED) is 0.608. The summed E-state index contributed by atoms with van der Waals surface area (Å²) in [6, 6.07) is 6.72. The first-order valence-corrected chi connectivity index (χ1v) is 11.0. The Balaban J connectivity index is 2.76. The second kappa shape index (κ2) is 9.94. The van der Waals surface area contributed by atoms with E-state index in [0.29, 0.717) is 5.75 Å². The van der Waals surface area contributed by atoms with Crippen molar-refractivity contribution in [2.24, 2.45) is 0 Å². The minimum Gasteiger partial charge on any atom is -0.454 e. The third kappa shape index (κ3) is 8.20. The molecule has 0 aliphatic carbocycles. The molecular weight excluding hydrogens is 376 g/mol. The fraction of sp³-hybridized carbons (Fsp3) is 0.529. The van der Waals surface area contributed by atoms with Crippen molar-refractivity contribution >= 4 is 33.7 Å². The van der Waals surface area contributed by atoms with Gasteiger partial charge in [-0.15, -0.1) is 0 Å². The van der Waals surface area contributed by atoms with Crippen molar-refractivity contribution in [3.63, 3.8) is 0 Å². The van der Waals surface area contributed by atoms with Crippen LogP contribution in [0.2, 0.25) is 0 Å². The number of hydrogen-bond donors (Lipinski definition) is 2. The Labute approximate surface area is 159 Å². The van der Waals surface area contributed by atoms with E-state index < -0.39 is 40.1 Å². The summed E-state index contributed by atoms with van der Waals surface area (Å²) in [5.74, 6) is -0.659. The highest BCUT2D eigenvalue weighted by atomic mass is 32.2. The minimum atomic E-state index is -3.86. The van der Waals surface area contributed by atoms with Gasteiger partial charge >= 0.3 is 5.97 Å². The van der Waals surface area contributed by atoms with Crippen LogP contribution in [0, 0.1) is 0 Å². The molecule has 0 fully saturated rings. The fourth-order valence-electron chi connectivity index (χ4n) is 2.01. The smallest absolute Gasteiger partial charge is 0.324 e. The van der Waals surface area contributed by atoms with Gasteiger partial charge < -0.3 is 10.1 Å². The second-order valence-electron chi connectivity index (χ2n) is 6.67. The van der Waals surface area contributed by atoms with Crippen molar-refractivity contribution in [3.8, 4) is 0 Å². The summed E-state index contributed by atoms with van der Waals surface area (Å²) in [6.45, 7) is 4.96. The number of carbonyl (C=O) groups is 2. The van der Waals surface area contributed by atoms with Crippen molar-refractivity contribution < 1.29 is 22.7 Å². The second-order valence-corrected chi connectivity index (χ2v) is 9.37. The Bertz CT molecular complexity index is 700. The predicted molar refractivity (Wildman–Crippen MR) is 102 cm³/mol. The molecule has 9 heteroatoms. The number of rotatable bonds is 9. The molecule has 146 valence electrons. The van der Waals surface area contributed by atoms with E-state index in [1.165, 1.54) is 23.9 Å². The van der Waals surface area contributed by atoms with E-state index in [0.717, 1.165) is 0 Å². The lowest BCUT2D eigenvalue weighted by Gasteiger charge is -2.21. The number of thioether (sulfide) groups is 1. The first-order valence-electron chi connectivity index (χ1n) is 8.09. The van der Waals surface area contributed by atoms with Gasteiger partial charge in [0.1, 0.15) is 6.04 Å². The lowest BCUT2D eigenvalue weighted by molar-refractivity contribution is -0.150. The van der Waals surface area contributed by atoms with Gasteiger partial charge in [0.15, 0.2) is 6.61 Å². The average Bonchev–Trinajstić information content (AvgIpc) is 2.55. The molecule has 0 heterocycles. The summed E-state index contributed by atoms with van der Waals surface area (Å²) in [4.78, 5) is 24.1. The molecule has 2 N–H and O–H groups in total. The largest absolute Gasteiger partial charge is 0.454 e. The fourth-order valence-corrected chi connectivity index (χ4v) is 3.72. The van der Waals surface area contributed by atoms with Gasteiger partial charge in [0, 0.05) is 5.54 Å². The number of sulfonamides is 1. The van der Waals surface area contributed by atoms with E-state index in [1.807, 2.05) is 27.0 Å². The van der Waals surface area contributed by atoms with Crippen LogP contribution in [-0.4, -0.2) is 50.5 Å². The van der Waals surface area contributed by atoms with Gasteiger partial charge in [-0.05, 0) is 51.3 Å². The van der Waals surface area contributed by atoms with Gasteiger partial charge in [-0.3, -0.25) is 9.59 Å². The van der Waals surface area contributed by atoms with E-state index >= 15 is 0 Å². The number of esters is 1. The maximum absolute atomic E-state index is 12.4. The Morgan fingerprint density at radius 3 is 2.35 bits per heavy atom. The van der Waals surface area contributed by atoms with Crippen molar-refractivity contribution in [2.45, 2.75) is 43.7 Å². The standard InChI is InChI=1S/C17H26N2O5S2/c1-17(2,3)18-15(20)12-24-16(21)14(10-11-25-4)19-26(22,23)13-8-6-5-7-9-13/h5-9,14,19H,10-12H2,1-4H3,(H,18,20)/t14-/m0/s1. The Morgan fingerprint density at radius 1 is 1.19 bits per heavy atom. The average molecular weight is 403 g/mol. The number of hydrogen-bond acceptors (Lipinski definition) is 6. The van der Waals surface area contributed by atoms with Gasteiger partial charge in [0.05, 0.1) is 4.90 Å². The summed E-state index contributed by atoms with van der Waals surface area (Å²) >= 11 is 1.48. The number of carbonyl (C=O) groups excluding carboxylic acids is 2. The number of nitrogens with one attached hydrogen (secondary N) is 2. The summed E-state index contributed by atoms with van der Waals surface area (Å²) in [6.07, 6.45) is 2.11. The van der Waals surface area contributed by atoms with E-state index in [-0.39, 0.29) is 11.3 Å². The van der Waals surface area contributed by atoms with E-state index in [9.17, 15) is 18.0 Å². The predicted octanol–water partition coefficient (Wildman–Crippen LogP) is 1.54. The lowest BCUT2D eigenvalue weighted by Crippen LogP contribution is -2.45. The normalized spacial score (nSPS) is 13.1. The van der Waals surface area contributed by atoms with Crippen LogP contribution >= 0.6 is 11.8 Å². The molecule has 0 aromatic heterocycles. The maximum atomic E-state index is 12.4. The van der Waals surface area contributed by atoms with Crippen molar-refractivity contribution in [3.05, 3.63) is 30.3 Å². The topological polar surface area (TPSA) is 102 Å². The van der Waals surface area contributed by atoms with Crippen LogP contribution in [0.3, 0.4) is 0 Å². The summed E-state index contributed by atoms with van der Waals surface area (Å²) in [5.41, 5.74) is -0.448. The molecule has 0 bridgehead atoms. The first-order chi connectivity index (χ1) is 12.0. The van der Waals surface area contributed by atoms with Gasteiger partial charge in [0.2, 0.25) is 10.0 Å². The van der Waals surface area contributed by atoms with Gasteiger partial charge in [-0.1, -0.05) is 18.2 Å². The summed E-state index contributed by atoms with van der Waals surface area (Å²) in [7, 11) is -3.86. The lowest BCUT2D eigenvalue weighted by atomic mass is 10.1. The molecule has 26 heavy (non-hydrogen) atoms. The zero-order valence-corrected chi connectivity index (χ0v) is 17.1. The minimum absolute atomic E-state index is 0.0624. The molecule has 0 unspecified atom stereocenters. The number of ether oxygens (including phenoxy) is 1. The third-order valence-electron chi connectivity index (χ3n) is 3.11. The number of amides is 1. The van der Waals surface area contributed by atoms with Crippen molar-refractivity contribution in [1.82, 2.24) is 10.0 Å². The highest BCUT2D eigenvalue weighted by Crippen LogP contribution is 2.11. The van der Waals surface area contributed by atoms with Crippen LogP contribution in [0.15, 0.2) is 35.2 Å². The van der Waals surface area contributed by atoms with Crippen LogP contribution in [0.1, 0.15) is 27.2 Å². The molecule has 7 nitrogen and oxygen atoms in total. The van der Waals surface area contributed by atoms with Gasteiger partial charge in [-0.2, -0.15) is 16.5 Å². The molecule has 1 aromatic carbocycles. The van der Waals surface area contributed by atoms with Crippen LogP contribution in [-0.2, 0) is 24.3 Å². The molecule has 1 atom stereocenters. The highest BCUT2D eigenvalue weighted by molar-refractivity contribution is 7.98. The molecule has 0 spiro atoms. The molecule has 0 aliphatic heterocycles. The van der Waals surface area contributed by atoms with Crippen molar-refractivity contribution in [1.29, 1.82) is 0 Å². The number of benzene rings is 1. The maximum Gasteiger partial charge on any atom is 0.324 e. The molecular formula is C17H26N2O5S2. The van der Waals surface area contributed by atoms with Crippen LogP contribution < -0.4 is 10.0 Å². The van der Waals surface area contributed by atoms with Crippen LogP contribution in [0.25, 0.3) is 0 Å². The Morgan fingerprint density at radius 2 is 1.81 bits per heavy atom. The SMILES string of the molecule is CSCC[C@H](NS(=O)(=O)c1ccccc1)C(=O)OCC(=O)NC(C)(C)C. The molecule has 0 saturated heterocycles.